The minimum absolute atomic E-state index is 0.907. The average Bonchev–Trinajstić information content (AvgIpc) is 3.50. The van der Waals surface area contributed by atoms with Gasteiger partial charge in [0.15, 0.2) is 5.58 Å². The van der Waals surface area contributed by atoms with E-state index in [2.05, 4.69) is 84.1 Å². The lowest BCUT2D eigenvalue weighted by Crippen LogP contribution is -1.90. The molecular formula is C30H18N2O. The molecule has 0 saturated heterocycles. The second kappa shape index (κ2) is 5.90. The lowest BCUT2D eigenvalue weighted by Gasteiger charge is -2.10. The molecule has 4 aromatic heterocycles. The normalized spacial score (nSPS) is 12.4. The molecule has 0 bridgehead atoms. The fourth-order valence-electron chi connectivity index (χ4n) is 5.71. The lowest BCUT2D eigenvalue weighted by molar-refractivity contribution is 0.673. The van der Waals surface area contributed by atoms with Crippen LogP contribution in [0.25, 0.3) is 71.3 Å². The lowest BCUT2D eigenvalue weighted by atomic mass is 9.96. The Balaban J connectivity index is 1.65. The van der Waals surface area contributed by atoms with Gasteiger partial charge in [-0.1, -0.05) is 66.7 Å². The number of para-hydroxylation sites is 2. The number of pyridine rings is 1. The largest absolute Gasteiger partial charge is 0.454 e. The van der Waals surface area contributed by atoms with Gasteiger partial charge in [0, 0.05) is 27.9 Å². The van der Waals surface area contributed by atoms with Gasteiger partial charge in [-0.25, -0.2) is 0 Å². The van der Waals surface area contributed by atoms with Crippen molar-refractivity contribution in [2.24, 2.45) is 0 Å². The Morgan fingerprint density at radius 1 is 0.697 bits per heavy atom. The molecule has 4 heterocycles. The van der Waals surface area contributed by atoms with E-state index in [0.717, 1.165) is 38.7 Å². The first kappa shape index (κ1) is 17.2. The minimum atomic E-state index is 0.907. The Hall–Kier alpha value is -4.37. The molecule has 0 aliphatic heterocycles. The van der Waals surface area contributed by atoms with E-state index in [1.54, 1.807) is 0 Å². The fraction of sp³-hybridized carbons (Fsp3) is 0.0333. The summed E-state index contributed by atoms with van der Waals surface area (Å²) in [7, 11) is 0. The second-order valence-electron chi connectivity index (χ2n) is 8.83. The van der Waals surface area contributed by atoms with Crippen LogP contribution in [0, 0.1) is 6.92 Å². The minimum Gasteiger partial charge on any atom is -0.454 e. The van der Waals surface area contributed by atoms with E-state index >= 15 is 0 Å². The van der Waals surface area contributed by atoms with E-state index in [-0.39, 0.29) is 0 Å². The number of fused-ring (bicyclic) bond motifs is 9. The third kappa shape index (κ3) is 2.03. The maximum absolute atomic E-state index is 6.52. The maximum atomic E-state index is 6.52. The van der Waals surface area contributed by atoms with E-state index in [4.69, 9.17) is 9.40 Å². The summed E-state index contributed by atoms with van der Waals surface area (Å²) < 4.78 is 8.90. The number of nitrogens with zero attached hydrogens (tertiary/aromatic N) is 2. The molecule has 0 N–H and O–H groups in total. The van der Waals surface area contributed by atoms with Gasteiger partial charge in [-0.15, -0.1) is 0 Å². The number of furan rings is 1. The van der Waals surface area contributed by atoms with E-state index < -0.39 is 0 Å². The predicted molar refractivity (Wildman–Crippen MR) is 136 cm³/mol. The third-order valence-electron chi connectivity index (χ3n) is 7.18. The summed E-state index contributed by atoms with van der Waals surface area (Å²) in [5.74, 6) is 0. The standard InChI is InChI=1S/C30H18N2O/c1-17-19-9-3-2-8-18(19)14-15-20(17)27-26-28-23(16-31-27)21-10-4-6-12-24(21)32(28)29-22-11-5-7-13-25(22)33-30(26)29/h2-16H,1H3. The Morgan fingerprint density at radius 2 is 1.45 bits per heavy atom. The van der Waals surface area contributed by atoms with Gasteiger partial charge in [-0.05, 0) is 41.5 Å². The molecule has 3 nitrogen and oxygen atoms in total. The molecule has 3 heteroatoms. The molecular weight excluding hydrogens is 404 g/mol. The average molecular weight is 422 g/mol. The maximum Gasteiger partial charge on any atom is 0.163 e. The van der Waals surface area contributed by atoms with Crippen molar-refractivity contribution >= 4 is 60.0 Å². The van der Waals surface area contributed by atoms with Crippen LogP contribution in [0.15, 0.2) is 95.5 Å². The van der Waals surface area contributed by atoms with Crippen molar-refractivity contribution in [2.75, 3.05) is 0 Å². The van der Waals surface area contributed by atoms with Crippen molar-refractivity contribution in [3.05, 3.63) is 96.7 Å². The predicted octanol–water partition coefficient (Wildman–Crippen LogP) is 8.11. The second-order valence-corrected chi connectivity index (χ2v) is 8.83. The first-order valence-electron chi connectivity index (χ1n) is 11.2. The number of benzene rings is 4. The monoisotopic (exact) mass is 422 g/mol. The fourth-order valence-corrected chi connectivity index (χ4v) is 5.71. The number of aromatic nitrogens is 2. The van der Waals surface area contributed by atoms with E-state index in [9.17, 15) is 0 Å². The molecule has 0 fully saturated rings. The summed E-state index contributed by atoms with van der Waals surface area (Å²) in [5, 5.41) is 7.11. The van der Waals surface area contributed by atoms with Gasteiger partial charge in [0.2, 0.25) is 0 Å². The van der Waals surface area contributed by atoms with Crippen LogP contribution < -0.4 is 0 Å². The van der Waals surface area contributed by atoms with Gasteiger partial charge in [-0.2, -0.15) is 0 Å². The Labute approximate surface area is 188 Å². The summed E-state index contributed by atoms with van der Waals surface area (Å²) in [6.45, 7) is 2.19. The molecule has 8 aromatic rings. The van der Waals surface area contributed by atoms with Crippen LogP contribution in [0.5, 0.6) is 0 Å². The van der Waals surface area contributed by atoms with E-state index in [1.165, 1.54) is 38.1 Å². The van der Waals surface area contributed by atoms with Crippen molar-refractivity contribution in [3.8, 4) is 11.3 Å². The number of aryl methyl sites for hydroxylation is 1. The molecule has 4 aromatic carbocycles. The highest BCUT2D eigenvalue weighted by Gasteiger charge is 2.26. The van der Waals surface area contributed by atoms with Crippen LogP contribution in [0.2, 0.25) is 0 Å². The summed E-state index contributed by atoms with van der Waals surface area (Å²) in [6.07, 6.45) is 2.04. The molecule has 0 saturated carbocycles. The molecule has 8 rings (SSSR count). The zero-order chi connectivity index (χ0) is 21.7. The molecule has 0 unspecified atom stereocenters. The highest BCUT2D eigenvalue weighted by Crippen LogP contribution is 2.46. The van der Waals surface area contributed by atoms with E-state index in [0.29, 0.717) is 0 Å². The van der Waals surface area contributed by atoms with Crippen LogP contribution in [-0.2, 0) is 0 Å². The summed E-state index contributed by atoms with van der Waals surface area (Å²) >= 11 is 0. The van der Waals surface area contributed by atoms with E-state index in [1.807, 2.05) is 18.3 Å². The van der Waals surface area contributed by atoms with Gasteiger partial charge >= 0.3 is 0 Å². The summed E-state index contributed by atoms with van der Waals surface area (Å²) in [4.78, 5) is 5.07. The molecule has 0 aliphatic rings. The van der Waals surface area contributed by atoms with Crippen molar-refractivity contribution in [1.29, 1.82) is 0 Å². The van der Waals surface area contributed by atoms with Crippen LogP contribution in [-0.4, -0.2) is 9.38 Å². The Morgan fingerprint density at radius 3 is 2.36 bits per heavy atom. The molecule has 0 aliphatic carbocycles. The van der Waals surface area contributed by atoms with Gasteiger partial charge in [0.25, 0.3) is 0 Å². The van der Waals surface area contributed by atoms with Crippen LogP contribution >= 0.6 is 0 Å². The number of hydrogen-bond acceptors (Lipinski definition) is 2. The van der Waals surface area contributed by atoms with Gasteiger partial charge in [0.05, 0.1) is 22.1 Å². The quantitative estimate of drug-likeness (QED) is 0.267. The summed E-state index contributed by atoms with van der Waals surface area (Å²) in [6, 6.07) is 29.8. The molecule has 154 valence electrons. The SMILES string of the molecule is Cc1c(-c2ncc3c4ccccc4n4c5c6ccccc6oc5c2c34)ccc2ccccc12. The molecule has 0 amide bonds. The van der Waals surface area contributed by atoms with Gasteiger partial charge < -0.3 is 8.82 Å². The van der Waals surface area contributed by atoms with Crippen LogP contribution in [0.3, 0.4) is 0 Å². The Kier molecular flexibility index (Phi) is 3.08. The zero-order valence-corrected chi connectivity index (χ0v) is 18.0. The molecule has 33 heavy (non-hydrogen) atoms. The van der Waals surface area contributed by atoms with Gasteiger partial charge in [-0.3, -0.25) is 4.98 Å². The number of rotatable bonds is 1. The smallest absolute Gasteiger partial charge is 0.163 e. The highest BCUT2D eigenvalue weighted by atomic mass is 16.3. The van der Waals surface area contributed by atoms with Crippen LogP contribution in [0.1, 0.15) is 5.56 Å². The Bertz CT molecular complexity index is 2040. The van der Waals surface area contributed by atoms with Crippen molar-refractivity contribution in [2.45, 2.75) is 6.92 Å². The first-order chi connectivity index (χ1) is 16.3. The molecule has 0 atom stereocenters. The first-order valence-corrected chi connectivity index (χ1v) is 11.2. The highest BCUT2D eigenvalue weighted by molar-refractivity contribution is 6.28. The van der Waals surface area contributed by atoms with Crippen molar-refractivity contribution < 1.29 is 4.42 Å². The van der Waals surface area contributed by atoms with Crippen LogP contribution in [0.4, 0.5) is 0 Å². The zero-order valence-electron chi connectivity index (χ0n) is 18.0. The molecule has 0 spiro atoms. The summed E-state index contributed by atoms with van der Waals surface area (Å²) in [5.41, 5.74) is 8.69. The topological polar surface area (TPSA) is 30.4 Å². The third-order valence-corrected chi connectivity index (χ3v) is 7.18. The molecule has 0 radical (unpaired) electrons. The van der Waals surface area contributed by atoms with Gasteiger partial charge in [0.1, 0.15) is 11.1 Å². The number of hydrogen-bond donors (Lipinski definition) is 0. The van der Waals surface area contributed by atoms with Crippen molar-refractivity contribution in [1.82, 2.24) is 9.38 Å². The van der Waals surface area contributed by atoms with Crippen molar-refractivity contribution in [3.63, 3.8) is 0 Å².